The van der Waals surface area contributed by atoms with E-state index in [-0.39, 0.29) is 0 Å². The van der Waals surface area contributed by atoms with Crippen LogP contribution in [0.1, 0.15) is 11.1 Å². The van der Waals surface area contributed by atoms with Crippen molar-refractivity contribution in [3.8, 4) is 0 Å². The maximum atomic E-state index is 9.05. The zero-order valence-corrected chi connectivity index (χ0v) is 12.1. The van der Waals surface area contributed by atoms with Gasteiger partial charge in [-0.15, -0.1) is 0 Å². The molecule has 0 unspecified atom stereocenters. The third kappa shape index (κ3) is 4.35. The Labute approximate surface area is 124 Å². The molecule has 0 aliphatic carbocycles. The van der Waals surface area contributed by atoms with Gasteiger partial charge in [0, 0.05) is 18.1 Å². The van der Waals surface area contributed by atoms with Gasteiger partial charge in [-0.25, -0.2) is 0 Å². The number of nitrogens with zero attached hydrogens (tertiary/aromatic N) is 1. The summed E-state index contributed by atoms with van der Waals surface area (Å²) in [7, 11) is 0.628. The van der Waals surface area contributed by atoms with Crippen LogP contribution in [0.3, 0.4) is 0 Å². The van der Waals surface area contributed by atoms with Gasteiger partial charge >= 0.3 is 7.12 Å². The van der Waals surface area contributed by atoms with E-state index in [1.807, 2.05) is 43.4 Å². The number of hydrogen-bond acceptors (Lipinski definition) is 3. The van der Waals surface area contributed by atoms with Crippen molar-refractivity contribution in [2.24, 2.45) is 0 Å². The predicted octanol–water partition coefficient (Wildman–Crippen LogP) is 1.65. The van der Waals surface area contributed by atoms with Gasteiger partial charge in [0.15, 0.2) is 0 Å². The van der Waals surface area contributed by atoms with Crippen LogP contribution < -0.4 is 5.46 Å². The van der Waals surface area contributed by atoms with Gasteiger partial charge in [-0.3, -0.25) is 4.90 Å². The lowest BCUT2D eigenvalue weighted by atomic mass is 9.80. The summed E-state index contributed by atoms with van der Waals surface area (Å²) in [5.74, 6) is 0. The quantitative estimate of drug-likeness (QED) is 0.823. The average molecular weight is 290 g/mol. The summed E-state index contributed by atoms with van der Waals surface area (Å²) in [6, 6.07) is 15.1. The van der Waals surface area contributed by atoms with Crippen LogP contribution in [-0.2, 0) is 13.1 Å². The molecule has 0 saturated carbocycles. The van der Waals surface area contributed by atoms with Crippen LogP contribution in [0.25, 0.3) is 0 Å². The molecular weight excluding hydrogens is 272 g/mol. The van der Waals surface area contributed by atoms with Crippen molar-refractivity contribution >= 4 is 24.2 Å². The summed E-state index contributed by atoms with van der Waals surface area (Å²) in [6.45, 7) is 1.60. The molecule has 0 amide bonds. The normalized spacial score (nSPS) is 10.8. The van der Waals surface area contributed by atoms with Crippen molar-refractivity contribution < 1.29 is 10.0 Å². The lowest BCUT2D eigenvalue weighted by Gasteiger charge is -2.17. The average Bonchev–Trinajstić information content (AvgIpc) is 2.39. The summed E-state index contributed by atoms with van der Waals surface area (Å²) in [4.78, 5) is 2.18. The van der Waals surface area contributed by atoms with Gasteiger partial charge < -0.3 is 10.0 Å². The highest BCUT2D eigenvalue weighted by atomic mass is 35.5. The van der Waals surface area contributed by atoms with Crippen LogP contribution in [0, 0.1) is 0 Å². The fourth-order valence-electron chi connectivity index (χ4n) is 2.11. The molecule has 0 spiro atoms. The molecule has 0 radical (unpaired) electrons. The van der Waals surface area contributed by atoms with E-state index in [9.17, 15) is 0 Å². The molecule has 0 saturated heterocycles. The van der Waals surface area contributed by atoms with Crippen LogP contribution in [-0.4, -0.2) is 29.1 Å². The van der Waals surface area contributed by atoms with Crippen molar-refractivity contribution in [1.29, 1.82) is 0 Å². The Bertz CT molecular complexity index is 560. The third-order valence-corrected chi connectivity index (χ3v) is 3.31. The first-order chi connectivity index (χ1) is 9.54. The molecule has 5 heteroatoms. The van der Waals surface area contributed by atoms with E-state index in [4.69, 9.17) is 21.6 Å². The molecule has 0 atom stereocenters. The second-order valence-corrected chi connectivity index (χ2v) is 5.35. The van der Waals surface area contributed by atoms with Gasteiger partial charge in [0.2, 0.25) is 0 Å². The molecule has 2 aromatic carbocycles. The molecule has 0 bridgehead atoms. The third-order valence-electron chi connectivity index (χ3n) is 3.07. The highest BCUT2D eigenvalue weighted by Crippen LogP contribution is 2.13. The maximum absolute atomic E-state index is 9.05. The second-order valence-electron chi connectivity index (χ2n) is 4.92. The number of halogens is 1. The Balaban J connectivity index is 1.95. The van der Waals surface area contributed by atoms with Gasteiger partial charge in [-0.05, 0) is 35.8 Å². The molecule has 0 aromatic heterocycles. The monoisotopic (exact) mass is 289 g/mol. The van der Waals surface area contributed by atoms with Gasteiger partial charge in [0.1, 0.15) is 0 Å². The van der Waals surface area contributed by atoms with Crippen molar-refractivity contribution in [1.82, 2.24) is 4.90 Å². The van der Waals surface area contributed by atoms with Gasteiger partial charge in [-0.1, -0.05) is 48.0 Å². The van der Waals surface area contributed by atoms with Crippen molar-refractivity contribution in [2.75, 3.05) is 7.05 Å². The minimum atomic E-state index is -1.41. The first kappa shape index (κ1) is 15.1. The molecule has 0 fully saturated rings. The first-order valence-corrected chi connectivity index (χ1v) is 6.80. The van der Waals surface area contributed by atoms with E-state index < -0.39 is 7.12 Å². The summed E-state index contributed by atoms with van der Waals surface area (Å²) in [5.41, 5.74) is 2.80. The largest absolute Gasteiger partial charge is 0.488 e. The summed E-state index contributed by atoms with van der Waals surface area (Å²) >= 11 is 5.97. The predicted molar refractivity (Wildman–Crippen MR) is 82.9 cm³/mol. The lowest BCUT2D eigenvalue weighted by Crippen LogP contribution is -2.29. The van der Waals surface area contributed by atoms with Crippen LogP contribution in [0.2, 0.25) is 5.02 Å². The Kier molecular flexibility index (Phi) is 5.20. The SMILES string of the molecule is CN(Cc1ccc(B(O)O)cc1)Cc1cccc(Cl)c1. The summed E-state index contributed by atoms with van der Waals surface area (Å²) in [5, 5.41) is 18.8. The Hall–Kier alpha value is -1.33. The Morgan fingerprint density at radius 1 is 1.00 bits per heavy atom. The fourth-order valence-corrected chi connectivity index (χ4v) is 2.32. The summed E-state index contributed by atoms with van der Waals surface area (Å²) in [6.07, 6.45) is 0. The van der Waals surface area contributed by atoms with E-state index in [1.165, 1.54) is 5.56 Å². The van der Waals surface area contributed by atoms with E-state index in [0.29, 0.717) is 5.46 Å². The smallest absolute Gasteiger partial charge is 0.423 e. The Morgan fingerprint density at radius 3 is 2.25 bits per heavy atom. The molecular formula is C15H17BClNO2. The van der Waals surface area contributed by atoms with Gasteiger partial charge in [0.25, 0.3) is 0 Å². The minimum absolute atomic E-state index is 0.506. The van der Waals surface area contributed by atoms with Gasteiger partial charge in [-0.2, -0.15) is 0 Å². The van der Waals surface area contributed by atoms with Crippen LogP contribution in [0.15, 0.2) is 48.5 Å². The van der Waals surface area contributed by atoms with E-state index in [1.54, 1.807) is 12.1 Å². The number of rotatable bonds is 5. The van der Waals surface area contributed by atoms with Gasteiger partial charge in [0.05, 0.1) is 0 Å². The zero-order valence-electron chi connectivity index (χ0n) is 11.3. The van der Waals surface area contributed by atoms with Crippen LogP contribution in [0.4, 0.5) is 0 Å². The maximum Gasteiger partial charge on any atom is 0.488 e. The topological polar surface area (TPSA) is 43.7 Å². The molecule has 104 valence electrons. The standard InChI is InChI=1S/C15H17BClNO2/c1-18(11-13-3-2-4-15(17)9-13)10-12-5-7-14(8-6-12)16(19)20/h2-9,19-20H,10-11H2,1H3. The molecule has 20 heavy (non-hydrogen) atoms. The molecule has 3 nitrogen and oxygen atoms in total. The van der Waals surface area contributed by atoms with E-state index in [0.717, 1.165) is 23.7 Å². The zero-order chi connectivity index (χ0) is 14.5. The molecule has 0 aliphatic rings. The molecule has 2 N–H and O–H groups in total. The van der Waals surface area contributed by atoms with Crippen LogP contribution >= 0.6 is 11.6 Å². The van der Waals surface area contributed by atoms with Crippen molar-refractivity contribution in [3.05, 3.63) is 64.7 Å². The minimum Gasteiger partial charge on any atom is -0.423 e. The fraction of sp³-hybridized carbons (Fsp3) is 0.200. The second kappa shape index (κ2) is 6.91. The lowest BCUT2D eigenvalue weighted by molar-refractivity contribution is 0.319. The molecule has 0 aliphatic heterocycles. The van der Waals surface area contributed by atoms with E-state index in [2.05, 4.69) is 4.90 Å². The summed E-state index contributed by atoms with van der Waals surface area (Å²) < 4.78 is 0. The molecule has 0 heterocycles. The van der Waals surface area contributed by atoms with Crippen molar-refractivity contribution in [2.45, 2.75) is 13.1 Å². The number of hydrogen-bond donors (Lipinski definition) is 2. The molecule has 2 rings (SSSR count). The van der Waals surface area contributed by atoms with Crippen molar-refractivity contribution in [3.63, 3.8) is 0 Å². The number of benzene rings is 2. The highest BCUT2D eigenvalue weighted by Gasteiger charge is 2.10. The Morgan fingerprint density at radius 2 is 1.65 bits per heavy atom. The first-order valence-electron chi connectivity index (χ1n) is 6.42. The highest BCUT2D eigenvalue weighted by molar-refractivity contribution is 6.58. The van der Waals surface area contributed by atoms with E-state index >= 15 is 0 Å². The molecule has 2 aromatic rings. The van der Waals surface area contributed by atoms with Crippen LogP contribution in [0.5, 0.6) is 0 Å².